The van der Waals surface area contributed by atoms with Crippen LogP contribution < -0.4 is 9.84 Å². The Labute approximate surface area is 66.2 Å². The van der Waals surface area contributed by atoms with Crippen LogP contribution in [0.25, 0.3) is 0 Å². The van der Waals surface area contributed by atoms with E-state index >= 15 is 0 Å². The van der Waals surface area contributed by atoms with E-state index < -0.39 is 0 Å². The maximum Gasteiger partial charge on any atom is 0.182 e. The molecular weight excluding hydrogens is 168 g/mol. The van der Waals surface area contributed by atoms with Crippen LogP contribution in [0.5, 0.6) is 0 Å². The maximum atomic E-state index is 3.87. The summed E-state index contributed by atoms with van der Waals surface area (Å²) < 4.78 is 3.73. The largest absolute Gasteiger partial charge is 0.254 e. The molecule has 2 rings (SSSR count). The smallest absolute Gasteiger partial charge is 0.182 e. The van der Waals surface area contributed by atoms with Gasteiger partial charge in [0.25, 0.3) is 0 Å². The summed E-state index contributed by atoms with van der Waals surface area (Å²) in [6.45, 7) is 0. The van der Waals surface area contributed by atoms with Gasteiger partial charge in [-0.1, -0.05) is 4.49 Å². The molecule has 0 amide bonds. The van der Waals surface area contributed by atoms with Gasteiger partial charge in [-0.05, 0) is 23.5 Å². The molecule has 1 aliphatic rings. The van der Waals surface area contributed by atoms with Gasteiger partial charge < -0.3 is 0 Å². The van der Waals surface area contributed by atoms with E-state index in [1.54, 1.807) is 0 Å². The molecule has 0 bridgehead atoms. The van der Waals surface area contributed by atoms with Gasteiger partial charge in [0.05, 0.1) is 5.38 Å². The predicted octanol–water partition coefficient (Wildman–Crippen LogP) is 0.982. The summed E-state index contributed by atoms with van der Waals surface area (Å²) in [5.74, 6) is 0.839. The van der Waals surface area contributed by atoms with Crippen molar-refractivity contribution in [3.8, 4) is 0 Å². The van der Waals surface area contributed by atoms with E-state index in [0.29, 0.717) is 0 Å². The lowest BCUT2D eigenvalue weighted by molar-refractivity contribution is 0.954. The first-order chi connectivity index (χ1) is 4.97. The number of anilines is 1. The summed E-state index contributed by atoms with van der Waals surface area (Å²) >= 11 is 2.85. The van der Waals surface area contributed by atoms with Crippen molar-refractivity contribution in [2.75, 3.05) is 5.01 Å². The SMILES string of the molecule is C1=CN(c2csnn2)NS1. The summed E-state index contributed by atoms with van der Waals surface area (Å²) in [5, 5.41) is 9.50. The van der Waals surface area contributed by atoms with Crippen molar-refractivity contribution in [2.24, 2.45) is 0 Å². The van der Waals surface area contributed by atoms with Gasteiger partial charge in [-0.15, -0.1) is 5.10 Å². The second kappa shape index (κ2) is 2.57. The Morgan fingerprint density at radius 1 is 1.60 bits per heavy atom. The first-order valence-corrected chi connectivity index (χ1v) is 4.33. The van der Waals surface area contributed by atoms with Crippen molar-refractivity contribution in [3.63, 3.8) is 0 Å². The lowest BCUT2D eigenvalue weighted by Crippen LogP contribution is -2.23. The molecule has 1 N–H and O–H groups in total. The van der Waals surface area contributed by atoms with Crippen LogP contribution in [0.3, 0.4) is 0 Å². The quantitative estimate of drug-likeness (QED) is 0.639. The fourth-order valence-electron chi connectivity index (χ4n) is 0.597. The Bertz CT molecular complexity index is 231. The molecule has 10 heavy (non-hydrogen) atoms. The zero-order valence-electron chi connectivity index (χ0n) is 4.89. The molecular formula is C4H4N4S2. The summed E-state index contributed by atoms with van der Waals surface area (Å²) in [5.41, 5.74) is 0. The van der Waals surface area contributed by atoms with E-state index in [1.807, 2.05) is 22.0 Å². The van der Waals surface area contributed by atoms with E-state index in [9.17, 15) is 0 Å². The number of aromatic nitrogens is 2. The van der Waals surface area contributed by atoms with Crippen LogP contribution in [0.2, 0.25) is 0 Å². The maximum absolute atomic E-state index is 3.87. The Balaban J connectivity index is 2.20. The average Bonchev–Trinajstić information content (AvgIpc) is 2.59. The lowest BCUT2D eigenvalue weighted by Gasteiger charge is -2.08. The van der Waals surface area contributed by atoms with Crippen molar-refractivity contribution < 1.29 is 0 Å². The van der Waals surface area contributed by atoms with Crippen LogP contribution in [0.1, 0.15) is 0 Å². The van der Waals surface area contributed by atoms with E-state index in [2.05, 4.69) is 14.4 Å². The van der Waals surface area contributed by atoms with Gasteiger partial charge in [-0.2, -0.15) is 4.83 Å². The second-order valence-corrected chi connectivity index (χ2v) is 2.93. The van der Waals surface area contributed by atoms with Crippen LogP contribution in [0, 0.1) is 0 Å². The van der Waals surface area contributed by atoms with Crippen LogP contribution in [0.4, 0.5) is 5.82 Å². The molecule has 0 spiro atoms. The number of rotatable bonds is 1. The Morgan fingerprint density at radius 2 is 2.60 bits per heavy atom. The molecule has 0 saturated heterocycles. The highest BCUT2D eigenvalue weighted by Crippen LogP contribution is 2.16. The number of nitrogens with one attached hydrogen (secondary N) is 1. The van der Waals surface area contributed by atoms with Crippen LogP contribution in [0.15, 0.2) is 17.0 Å². The Morgan fingerprint density at radius 3 is 3.20 bits per heavy atom. The first-order valence-electron chi connectivity index (χ1n) is 2.61. The van der Waals surface area contributed by atoms with Crippen LogP contribution >= 0.6 is 23.5 Å². The second-order valence-electron chi connectivity index (χ2n) is 1.63. The van der Waals surface area contributed by atoms with Gasteiger partial charge in [-0.3, -0.25) is 5.01 Å². The zero-order chi connectivity index (χ0) is 6.81. The highest BCUT2D eigenvalue weighted by atomic mass is 32.2. The minimum Gasteiger partial charge on any atom is -0.254 e. The summed E-state index contributed by atoms with van der Waals surface area (Å²) in [6, 6.07) is 0. The Kier molecular flexibility index (Phi) is 1.58. The molecule has 0 unspecified atom stereocenters. The standard InChI is InChI=1S/C4H4N4S2/c1-2-9-7-8(1)4-3-10-6-5-4/h1-3,7H. The average molecular weight is 172 g/mol. The number of hydrogen-bond acceptors (Lipinski definition) is 6. The molecule has 1 aromatic rings. The molecule has 0 fully saturated rings. The summed E-state index contributed by atoms with van der Waals surface area (Å²) in [6.07, 6.45) is 1.90. The monoisotopic (exact) mass is 172 g/mol. The molecule has 4 nitrogen and oxygen atoms in total. The molecule has 6 heteroatoms. The van der Waals surface area contributed by atoms with Crippen molar-refractivity contribution in [2.45, 2.75) is 0 Å². The fourth-order valence-corrected chi connectivity index (χ4v) is 1.54. The molecule has 0 radical (unpaired) electrons. The number of hydrogen-bond donors (Lipinski definition) is 1. The minimum absolute atomic E-state index is 0.839. The Hall–Kier alpha value is -0.590. The lowest BCUT2D eigenvalue weighted by atomic mass is 10.7. The van der Waals surface area contributed by atoms with E-state index in [-0.39, 0.29) is 0 Å². The third-order valence-corrected chi connectivity index (χ3v) is 2.08. The van der Waals surface area contributed by atoms with E-state index in [4.69, 9.17) is 0 Å². The molecule has 0 saturated carbocycles. The summed E-state index contributed by atoms with van der Waals surface area (Å²) in [7, 11) is 0. The van der Waals surface area contributed by atoms with Crippen molar-refractivity contribution in [1.29, 1.82) is 0 Å². The first kappa shape index (κ1) is 6.14. The molecule has 0 aliphatic carbocycles. The van der Waals surface area contributed by atoms with Crippen LogP contribution in [-0.4, -0.2) is 9.59 Å². The van der Waals surface area contributed by atoms with Crippen molar-refractivity contribution in [3.05, 3.63) is 17.0 Å². The summed E-state index contributed by atoms with van der Waals surface area (Å²) in [4.78, 5) is 3.00. The molecule has 1 aliphatic heterocycles. The molecule has 2 heterocycles. The number of nitrogens with zero attached hydrogens (tertiary/aromatic N) is 3. The van der Waals surface area contributed by atoms with Crippen molar-refractivity contribution in [1.82, 2.24) is 14.4 Å². The highest BCUT2D eigenvalue weighted by molar-refractivity contribution is 8.00. The minimum atomic E-state index is 0.839. The van der Waals surface area contributed by atoms with Crippen molar-refractivity contribution >= 4 is 29.3 Å². The zero-order valence-corrected chi connectivity index (χ0v) is 6.52. The van der Waals surface area contributed by atoms with E-state index in [0.717, 1.165) is 5.82 Å². The third-order valence-electron chi connectivity index (χ3n) is 1.02. The fraction of sp³-hybridized carbons (Fsp3) is 0. The third kappa shape index (κ3) is 1.00. The van der Waals surface area contributed by atoms with Gasteiger partial charge in [0.15, 0.2) is 5.82 Å². The predicted molar refractivity (Wildman–Crippen MR) is 42.3 cm³/mol. The van der Waals surface area contributed by atoms with Gasteiger partial charge in [-0.25, -0.2) is 0 Å². The normalized spacial score (nSPS) is 16.6. The van der Waals surface area contributed by atoms with Gasteiger partial charge in [0.2, 0.25) is 0 Å². The molecule has 52 valence electrons. The number of hydrazine groups is 1. The topological polar surface area (TPSA) is 41.1 Å². The van der Waals surface area contributed by atoms with Crippen LogP contribution in [-0.2, 0) is 0 Å². The molecule has 0 aromatic carbocycles. The molecule has 0 atom stereocenters. The molecule has 1 aromatic heterocycles. The highest BCUT2D eigenvalue weighted by Gasteiger charge is 2.08. The van der Waals surface area contributed by atoms with Gasteiger partial charge >= 0.3 is 0 Å². The van der Waals surface area contributed by atoms with Gasteiger partial charge in [0.1, 0.15) is 0 Å². The van der Waals surface area contributed by atoms with E-state index in [1.165, 1.54) is 23.5 Å². The van der Waals surface area contributed by atoms with Gasteiger partial charge in [0, 0.05) is 11.6 Å².